The molecule has 184 valence electrons. The summed E-state index contributed by atoms with van der Waals surface area (Å²) in [5.74, 6) is -0.498. The normalized spacial score (nSPS) is 19.1. The summed E-state index contributed by atoms with van der Waals surface area (Å²) in [5.41, 5.74) is 9.04. The van der Waals surface area contributed by atoms with Crippen molar-refractivity contribution in [3.63, 3.8) is 0 Å². The van der Waals surface area contributed by atoms with E-state index in [2.05, 4.69) is 38.0 Å². The van der Waals surface area contributed by atoms with Crippen LogP contribution in [0.15, 0.2) is 54.7 Å². The van der Waals surface area contributed by atoms with Crippen LogP contribution in [0.3, 0.4) is 0 Å². The zero-order valence-electron chi connectivity index (χ0n) is 20.0. The van der Waals surface area contributed by atoms with E-state index in [1.54, 1.807) is 0 Å². The Morgan fingerprint density at radius 1 is 1.00 bits per heavy atom. The molecular formula is C27H33N5O3. The Kier molecular flexibility index (Phi) is 7.01. The minimum Gasteiger partial charge on any atom is -0.379 e. The molecule has 35 heavy (non-hydrogen) atoms. The Balaban J connectivity index is 1.20. The molecule has 0 aliphatic carbocycles. The maximum absolute atomic E-state index is 12.9. The molecule has 3 N–H and O–H groups in total. The molecule has 1 unspecified atom stereocenters. The first-order chi connectivity index (χ1) is 17.1. The molecule has 1 aromatic heterocycles. The largest absolute Gasteiger partial charge is 0.379 e. The van der Waals surface area contributed by atoms with Gasteiger partial charge in [-0.05, 0) is 61.4 Å². The third-order valence-corrected chi connectivity index (χ3v) is 7.11. The van der Waals surface area contributed by atoms with Crippen LogP contribution >= 0.6 is 0 Å². The molecule has 8 nitrogen and oxygen atoms in total. The van der Waals surface area contributed by atoms with Crippen LogP contribution in [-0.4, -0.2) is 67.2 Å². The summed E-state index contributed by atoms with van der Waals surface area (Å²) in [6, 6.07) is 15.7. The first kappa shape index (κ1) is 23.4. The molecule has 8 heteroatoms. The summed E-state index contributed by atoms with van der Waals surface area (Å²) in [6.07, 6.45) is 3.89. The second kappa shape index (κ2) is 10.5. The van der Waals surface area contributed by atoms with Gasteiger partial charge in [-0.1, -0.05) is 0 Å². The van der Waals surface area contributed by atoms with Gasteiger partial charge in [0, 0.05) is 73.3 Å². The van der Waals surface area contributed by atoms with Gasteiger partial charge in [-0.15, -0.1) is 0 Å². The Labute approximate surface area is 205 Å². The van der Waals surface area contributed by atoms with E-state index < -0.39 is 0 Å². The summed E-state index contributed by atoms with van der Waals surface area (Å²) in [6.45, 7) is 7.05. The van der Waals surface area contributed by atoms with Crippen molar-refractivity contribution in [1.82, 2.24) is 9.47 Å². The Morgan fingerprint density at radius 2 is 1.80 bits per heavy atom. The minimum absolute atomic E-state index is 0.115. The number of nitrogens with one attached hydrogen (secondary N) is 1. The third-order valence-electron chi connectivity index (χ3n) is 7.11. The summed E-state index contributed by atoms with van der Waals surface area (Å²) in [4.78, 5) is 29.0. The summed E-state index contributed by atoms with van der Waals surface area (Å²) >= 11 is 0. The van der Waals surface area contributed by atoms with Gasteiger partial charge in [-0.25, -0.2) is 0 Å². The number of amides is 2. The highest BCUT2D eigenvalue weighted by Crippen LogP contribution is 2.25. The number of ether oxygens (including phenoxy) is 1. The number of nitrogens with zero attached hydrogens (tertiary/aromatic N) is 3. The van der Waals surface area contributed by atoms with E-state index in [1.807, 2.05) is 36.4 Å². The number of fused-ring (bicyclic) bond motifs is 1. The molecule has 2 aliphatic rings. The highest BCUT2D eigenvalue weighted by molar-refractivity contribution is 6.05. The molecule has 2 aliphatic heterocycles. The SMILES string of the molecule is NC(=O)C1CCCN(c2ccc(C(=O)Nc3ccc4c(ccn4CCN4CCOCC4)c3)cc2)C1. The van der Waals surface area contributed by atoms with Crippen LogP contribution in [-0.2, 0) is 16.1 Å². The number of hydrogen-bond acceptors (Lipinski definition) is 5. The van der Waals surface area contributed by atoms with E-state index >= 15 is 0 Å². The number of rotatable bonds is 7. The predicted molar refractivity (Wildman–Crippen MR) is 138 cm³/mol. The monoisotopic (exact) mass is 475 g/mol. The molecule has 2 saturated heterocycles. The van der Waals surface area contributed by atoms with E-state index in [9.17, 15) is 9.59 Å². The summed E-state index contributed by atoms with van der Waals surface area (Å²) < 4.78 is 7.69. The van der Waals surface area contributed by atoms with Crippen molar-refractivity contribution < 1.29 is 14.3 Å². The van der Waals surface area contributed by atoms with Crippen molar-refractivity contribution in [3.05, 3.63) is 60.3 Å². The van der Waals surface area contributed by atoms with Crippen LogP contribution in [0.25, 0.3) is 10.9 Å². The number of carbonyl (C=O) groups excluding carboxylic acids is 2. The Bertz CT molecular complexity index is 1180. The number of morpholine rings is 1. The Morgan fingerprint density at radius 3 is 2.57 bits per heavy atom. The van der Waals surface area contributed by atoms with E-state index in [4.69, 9.17) is 10.5 Å². The maximum atomic E-state index is 12.9. The average molecular weight is 476 g/mol. The lowest BCUT2D eigenvalue weighted by atomic mass is 9.97. The molecule has 5 rings (SSSR count). The molecule has 2 aromatic carbocycles. The topological polar surface area (TPSA) is 92.8 Å². The molecule has 0 spiro atoms. The quantitative estimate of drug-likeness (QED) is 0.548. The Hall–Kier alpha value is -3.36. The maximum Gasteiger partial charge on any atom is 0.255 e. The number of hydrogen-bond donors (Lipinski definition) is 2. The summed E-state index contributed by atoms with van der Waals surface area (Å²) in [5, 5.41) is 4.12. The second-order valence-electron chi connectivity index (χ2n) is 9.43. The van der Waals surface area contributed by atoms with Crippen LogP contribution in [0.1, 0.15) is 23.2 Å². The van der Waals surface area contributed by atoms with Gasteiger partial charge < -0.3 is 25.3 Å². The van der Waals surface area contributed by atoms with E-state index in [0.717, 1.165) is 81.1 Å². The molecule has 1 atom stereocenters. The van der Waals surface area contributed by atoms with Crippen molar-refractivity contribution in [2.45, 2.75) is 19.4 Å². The zero-order chi connectivity index (χ0) is 24.2. The van der Waals surface area contributed by atoms with Gasteiger partial charge >= 0.3 is 0 Å². The van der Waals surface area contributed by atoms with Gasteiger partial charge in [0.25, 0.3) is 5.91 Å². The fourth-order valence-electron chi connectivity index (χ4n) is 5.02. The average Bonchev–Trinajstić information content (AvgIpc) is 3.30. The lowest BCUT2D eigenvalue weighted by Crippen LogP contribution is -2.41. The molecule has 3 heterocycles. The highest BCUT2D eigenvalue weighted by Gasteiger charge is 2.24. The molecule has 3 aromatic rings. The van der Waals surface area contributed by atoms with Crippen LogP contribution in [0.4, 0.5) is 11.4 Å². The van der Waals surface area contributed by atoms with Gasteiger partial charge in [0.2, 0.25) is 5.91 Å². The fraction of sp³-hybridized carbons (Fsp3) is 0.407. The van der Waals surface area contributed by atoms with Gasteiger partial charge in [0.05, 0.1) is 19.1 Å². The molecular weight excluding hydrogens is 442 g/mol. The van der Waals surface area contributed by atoms with E-state index in [-0.39, 0.29) is 17.7 Å². The van der Waals surface area contributed by atoms with Gasteiger partial charge in [-0.2, -0.15) is 0 Å². The number of aromatic nitrogens is 1. The van der Waals surface area contributed by atoms with Crippen molar-refractivity contribution in [2.75, 3.05) is 56.2 Å². The molecule has 0 radical (unpaired) electrons. The van der Waals surface area contributed by atoms with Gasteiger partial charge in [0.15, 0.2) is 0 Å². The lowest BCUT2D eigenvalue weighted by molar-refractivity contribution is -0.122. The second-order valence-corrected chi connectivity index (χ2v) is 9.43. The molecule has 2 fully saturated rings. The number of benzene rings is 2. The van der Waals surface area contributed by atoms with Gasteiger partial charge in [-0.3, -0.25) is 14.5 Å². The van der Waals surface area contributed by atoms with Crippen molar-refractivity contribution in [2.24, 2.45) is 11.7 Å². The first-order valence-corrected chi connectivity index (χ1v) is 12.4. The van der Waals surface area contributed by atoms with E-state index in [1.165, 1.54) is 0 Å². The van der Waals surface area contributed by atoms with Crippen LogP contribution in [0.2, 0.25) is 0 Å². The molecule has 0 bridgehead atoms. The third kappa shape index (κ3) is 5.49. The van der Waals surface area contributed by atoms with Crippen molar-refractivity contribution in [3.8, 4) is 0 Å². The van der Waals surface area contributed by atoms with Crippen LogP contribution in [0.5, 0.6) is 0 Å². The molecule has 2 amide bonds. The number of nitrogens with two attached hydrogens (primary N) is 1. The van der Waals surface area contributed by atoms with Gasteiger partial charge in [0.1, 0.15) is 0 Å². The number of primary amides is 1. The first-order valence-electron chi connectivity index (χ1n) is 12.4. The number of piperidine rings is 1. The smallest absolute Gasteiger partial charge is 0.255 e. The highest BCUT2D eigenvalue weighted by atomic mass is 16.5. The zero-order valence-corrected chi connectivity index (χ0v) is 20.0. The van der Waals surface area contributed by atoms with E-state index in [0.29, 0.717) is 12.1 Å². The standard InChI is InChI=1S/C27H33N5O3/c28-26(33)22-2-1-10-32(19-22)24-6-3-20(4-7-24)27(34)29-23-5-8-25-21(18-23)9-11-31(25)13-12-30-14-16-35-17-15-30/h3-9,11,18,22H,1-2,10,12-17,19H2,(H2,28,33)(H,29,34). The van der Waals surface area contributed by atoms with Crippen molar-refractivity contribution in [1.29, 1.82) is 0 Å². The fourth-order valence-corrected chi connectivity index (χ4v) is 5.02. The lowest BCUT2D eigenvalue weighted by Gasteiger charge is -2.33. The number of carbonyl (C=O) groups is 2. The minimum atomic E-state index is -0.241. The van der Waals surface area contributed by atoms with Crippen LogP contribution < -0.4 is 16.0 Å². The predicted octanol–water partition coefficient (Wildman–Crippen LogP) is 2.93. The molecule has 0 saturated carbocycles. The number of anilines is 2. The van der Waals surface area contributed by atoms with Crippen molar-refractivity contribution >= 4 is 34.1 Å². The van der Waals surface area contributed by atoms with Crippen LogP contribution in [0, 0.1) is 5.92 Å². The summed E-state index contributed by atoms with van der Waals surface area (Å²) in [7, 11) is 0.